The van der Waals surface area contributed by atoms with Crippen LogP contribution in [0.5, 0.6) is 0 Å². The van der Waals surface area contributed by atoms with Gasteiger partial charge in [-0.05, 0) is 80.5 Å². The molecule has 7 unspecified atom stereocenters. The number of hydrogen-bond donors (Lipinski definition) is 1. The third-order valence-electron chi connectivity index (χ3n) is 8.59. The van der Waals surface area contributed by atoms with Crippen molar-refractivity contribution in [3.8, 4) is 0 Å². The fourth-order valence-corrected chi connectivity index (χ4v) is 7.18. The minimum atomic E-state index is -0.611. The molecule has 2 heteroatoms. The van der Waals surface area contributed by atoms with Crippen LogP contribution in [0.1, 0.15) is 72.1 Å². The molecule has 0 heterocycles. The smallest absolute Gasteiger partial charge is 0.108 e. The minimum Gasteiger partial charge on any atom is -0.389 e. The number of allylic oxidation sites excluding steroid dienone is 1. The van der Waals surface area contributed by atoms with Gasteiger partial charge in [-0.3, -0.25) is 0 Å². The lowest BCUT2D eigenvalue weighted by molar-refractivity contribution is -0.124. The van der Waals surface area contributed by atoms with Crippen molar-refractivity contribution in [2.45, 2.75) is 84.4 Å². The van der Waals surface area contributed by atoms with Gasteiger partial charge in [-0.15, -0.1) is 0 Å². The van der Waals surface area contributed by atoms with E-state index in [-0.39, 0.29) is 22.9 Å². The molecule has 3 saturated carbocycles. The summed E-state index contributed by atoms with van der Waals surface area (Å²) in [6.45, 7) is 6.82. The molecule has 4 rings (SSSR count). The Kier molecular flexibility index (Phi) is 3.72. The third-order valence-corrected chi connectivity index (χ3v) is 8.59. The fourth-order valence-electron chi connectivity index (χ4n) is 7.18. The van der Waals surface area contributed by atoms with Crippen molar-refractivity contribution in [3.63, 3.8) is 0 Å². The first-order chi connectivity index (χ1) is 10.9. The van der Waals surface area contributed by atoms with Gasteiger partial charge >= 0.3 is 0 Å². The molecule has 130 valence electrons. The van der Waals surface area contributed by atoms with Crippen molar-refractivity contribution in [3.05, 3.63) is 11.6 Å². The predicted molar refractivity (Wildman–Crippen MR) is 91.8 cm³/mol. The molecule has 8 atom stereocenters. The van der Waals surface area contributed by atoms with Crippen LogP contribution < -0.4 is 0 Å². The maximum atomic E-state index is 15.1. The molecule has 0 radical (unpaired) electrons. The highest BCUT2D eigenvalue weighted by Crippen LogP contribution is 2.65. The summed E-state index contributed by atoms with van der Waals surface area (Å²) in [5.41, 5.74) is 1.71. The van der Waals surface area contributed by atoms with Crippen molar-refractivity contribution in [1.82, 2.24) is 0 Å². The standard InChI is InChI=1S/C21H33FO/c1-13-4-7-17-16-6-5-14-12-15(23)8-10-20(14,2)18(16)9-11-21(17,3)19(13)22/h12-13,15-19,23H,4-11H2,1-3H3/t13?,15?,16?,17?,18?,19-,20?,21?/m0/s1. The van der Waals surface area contributed by atoms with Gasteiger partial charge in [-0.1, -0.05) is 32.4 Å². The summed E-state index contributed by atoms with van der Waals surface area (Å²) < 4.78 is 15.1. The molecule has 4 aliphatic rings. The van der Waals surface area contributed by atoms with E-state index in [1.54, 1.807) is 0 Å². The SMILES string of the molecule is CC1CCC2C3CCC4=CC(O)CCC4(C)C3CCC2(C)[C@H]1F. The first kappa shape index (κ1) is 16.1. The zero-order valence-electron chi connectivity index (χ0n) is 15.0. The lowest BCUT2D eigenvalue weighted by Crippen LogP contribution is -2.56. The van der Waals surface area contributed by atoms with Gasteiger partial charge in [0.2, 0.25) is 0 Å². The molecule has 4 aliphatic carbocycles. The van der Waals surface area contributed by atoms with Crippen LogP contribution in [-0.4, -0.2) is 17.4 Å². The van der Waals surface area contributed by atoms with Gasteiger partial charge in [-0.25, -0.2) is 4.39 Å². The topological polar surface area (TPSA) is 20.2 Å². The van der Waals surface area contributed by atoms with Crippen molar-refractivity contribution < 1.29 is 9.50 Å². The van der Waals surface area contributed by atoms with Crippen molar-refractivity contribution in [1.29, 1.82) is 0 Å². The van der Waals surface area contributed by atoms with Crippen LogP contribution in [0, 0.1) is 34.5 Å². The third kappa shape index (κ3) is 2.19. The van der Waals surface area contributed by atoms with E-state index in [1.807, 2.05) is 0 Å². The molecular formula is C21H33FO. The lowest BCUT2D eigenvalue weighted by atomic mass is 9.44. The Balaban J connectivity index is 1.66. The van der Waals surface area contributed by atoms with E-state index in [1.165, 1.54) is 24.8 Å². The van der Waals surface area contributed by atoms with Gasteiger partial charge in [0, 0.05) is 5.41 Å². The van der Waals surface area contributed by atoms with E-state index in [9.17, 15) is 5.11 Å². The summed E-state index contributed by atoms with van der Waals surface area (Å²) in [7, 11) is 0. The van der Waals surface area contributed by atoms with E-state index in [4.69, 9.17) is 0 Å². The second-order valence-corrected chi connectivity index (χ2v) is 9.63. The molecule has 1 nitrogen and oxygen atoms in total. The van der Waals surface area contributed by atoms with E-state index < -0.39 is 6.17 Å². The molecule has 1 N–H and O–H groups in total. The minimum absolute atomic E-state index is 0.0788. The quantitative estimate of drug-likeness (QED) is 0.602. The highest BCUT2D eigenvalue weighted by molar-refractivity contribution is 5.25. The van der Waals surface area contributed by atoms with Crippen LogP contribution in [0.15, 0.2) is 11.6 Å². The van der Waals surface area contributed by atoms with E-state index >= 15 is 4.39 Å². The van der Waals surface area contributed by atoms with Crippen molar-refractivity contribution in [2.75, 3.05) is 0 Å². The Hall–Kier alpha value is -0.370. The average molecular weight is 320 g/mol. The zero-order valence-corrected chi connectivity index (χ0v) is 15.0. The Morgan fingerprint density at radius 1 is 1.04 bits per heavy atom. The second-order valence-electron chi connectivity index (χ2n) is 9.63. The summed E-state index contributed by atoms with van der Waals surface area (Å²) in [6.07, 6.45) is 10.3. The number of fused-ring (bicyclic) bond motifs is 5. The molecule has 0 saturated heterocycles. The number of alkyl halides is 1. The van der Waals surface area contributed by atoms with Crippen LogP contribution >= 0.6 is 0 Å². The van der Waals surface area contributed by atoms with Gasteiger partial charge in [0.25, 0.3) is 0 Å². The maximum absolute atomic E-state index is 15.1. The normalized spacial score (nSPS) is 56.1. The molecule has 0 aliphatic heterocycles. The molecule has 0 aromatic heterocycles. The predicted octanol–water partition coefficient (Wildman–Crippen LogP) is 5.28. The van der Waals surface area contributed by atoms with Crippen molar-refractivity contribution >= 4 is 0 Å². The Labute approximate surface area is 140 Å². The summed E-state index contributed by atoms with van der Waals surface area (Å²) >= 11 is 0. The Morgan fingerprint density at radius 3 is 2.61 bits per heavy atom. The highest BCUT2D eigenvalue weighted by atomic mass is 19.1. The first-order valence-corrected chi connectivity index (χ1v) is 9.89. The van der Waals surface area contributed by atoms with E-state index in [2.05, 4.69) is 26.8 Å². The van der Waals surface area contributed by atoms with Crippen LogP contribution in [0.2, 0.25) is 0 Å². The highest BCUT2D eigenvalue weighted by Gasteiger charge is 2.58. The van der Waals surface area contributed by atoms with Gasteiger partial charge in [0.15, 0.2) is 0 Å². The largest absolute Gasteiger partial charge is 0.389 e. The van der Waals surface area contributed by atoms with Gasteiger partial charge < -0.3 is 5.11 Å². The summed E-state index contributed by atoms with van der Waals surface area (Å²) in [4.78, 5) is 0. The van der Waals surface area contributed by atoms with Gasteiger partial charge in [0.1, 0.15) is 6.17 Å². The van der Waals surface area contributed by atoms with Gasteiger partial charge in [0.05, 0.1) is 6.10 Å². The van der Waals surface area contributed by atoms with E-state index in [0.717, 1.165) is 32.1 Å². The second kappa shape index (κ2) is 5.31. The number of aliphatic hydroxyl groups is 1. The molecule has 0 spiro atoms. The number of aliphatic hydroxyl groups excluding tert-OH is 1. The van der Waals surface area contributed by atoms with Crippen LogP contribution in [-0.2, 0) is 0 Å². The van der Waals surface area contributed by atoms with Crippen LogP contribution in [0.3, 0.4) is 0 Å². The molecule has 0 bridgehead atoms. The maximum Gasteiger partial charge on any atom is 0.108 e. The monoisotopic (exact) mass is 320 g/mol. The number of rotatable bonds is 0. The molecule has 0 aromatic rings. The number of halogens is 1. The lowest BCUT2D eigenvalue weighted by Gasteiger charge is -2.61. The number of hydrogen-bond acceptors (Lipinski definition) is 1. The van der Waals surface area contributed by atoms with Crippen LogP contribution in [0.25, 0.3) is 0 Å². The van der Waals surface area contributed by atoms with Crippen LogP contribution in [0.4, 0.5) is 4.39 Å². The molecule has 0 amide bonds. The average Bonchev–Trinajstić information content (AvgIpc) is 2.52. The Morgan fingerprint density at radius 2 is 1.83 bits per heavy atom. The van der Waals surface area contributed by atoms with Gasteiger partial charge in [-0.2, -0.15) is 0 Å². The van der Waals surface area contributed by atoms with Crippen molar-refractivity contribution in [2.24, 2.45) is 34.5 Å². The Bertz CT molecular complexity index is 514. The fraction of sp³-hybridized carbons (Fsp3) is 0.905. The molecule has 3 fully saturated rings. The molecular weight excluding hydrogens is 287 g/mol. The summed E-state index contributed by atoms with van der Waals surface area (Å²) in [5.74, 6) is 2.25. The van der Waals surface area contributed by atoms with E-state index in [0.29, 0.717) is 17.8 Å². The molecule has 23 heavy (non-hydrogen) atoms. The zero-order chi connectivity index (χ0) is 16.4. The molecule has 0 aromatic carbocycles. The first-order valence-electron chi connectivity index (χ1n) is 9.89. The summed E-state index contributed by atoms with van der Waals surface area (Å²) in [6, 6.07) is 0. The summed E-state index contributed by atoms with van der Waals surface area (Å²) in [5, 5.41) is 10.0.